The molecule has 2 aromatic carbocycles. The largest absolute Gasteiger partial charge is 0.435 e. The maximum absolute atomic E-state index is 15.2. The van der Waals surface area contributed by atoms with E-state index >= 15 is 4.39 Å². The Morgan fingerprint density at radius 1 is 0.929 bits per heavy atom. The molecule has 2 aliphatic rings. The molecule has 1 aliphatic carbocycles. The molecule has 1 saturated carbocycles. The number of carbonyl (C=O) groups excluding carboxylic acids is 3. The molecular weight excluding hydrogens is 564 g/mol. The monoisotopic (exact) mass is 591 g/mol. The standard InChI is InChI=1S/C30H27F2N5O4S/c1-17-23-25(33-16-34-26(23)42-24(17)27(38)37-13-3-2-4-14-37)41-22-10-9-20(15-21(22)32)36-29(40)30(11-12-30)28(39)35-19-7-5-18(31)6-8-19/h5-10,15-16H,2-4,11-14H2,1H3,(H,35,39)(H,36,40). The number of hydrogen-bond donors (Lipinski definition) is 2. The van der Waals surface area contributed by atoms with Gasteiger partial charge in [0.1, 0.15) is 22.4 Å². The van der Waals surface area contributed by atoms with Crippen LogP contribution in [0.3, 0.4) is 0 Å². The number of fused-ring (bicyclic) bond motifs is 1. The summed E-state index contributed by atoms with van der Waals surface area (Å²) in [5.74, 6) is -2.32. The van der Waals surface area contributed by atoms with Crippen LogP contribution in [0.5, 0.6) is 11.6 Å². The number of piperidine rings is 1. The number of aryl methyl sites for hydroxylation is 1. The second-order valence-corrected chi connectivity index (χ2v) is 11.5. The molecule has 3 amide bonds. The van der Waals surface area contributed by atoms with Crippen molar-refractivity contribution < 1.29 is 27.9 Å². The SMILES string of the molecule is Cc1c(C(=O)N2CCCCC2)sc2ncnc(Oc3ccc(NC(=O)C4(C(=O)Nc5ccc(F)cc5)CC4)cc3F)c12. The first kappa shape index (κ1) is 27.7. The van der Waals surface area contributed by atoms with E-state index in [2.05, 4.69) is 20.6 Å². The van der Waals surface area contributed by atoms with Crippen LogP contribution >= 0.6 is 11.3 Å². The second-order valence-electron chi connectivity index (χ2n) is 10.5. The summed E-state index contributed by atoms with van der Waals surface area (Å²) in [6.07, 6.45) is 5.04. The Balaban J connectivity index is 1.17. The van der Waals surface area contributed by atoms with Gasteiger partial charge in [0.15, 0.2) is 11.6 Å². The lowest BCUT2D eigenvalue weighted by Crippen LogP contribution is -2.35. The Morgan fingerprint density at radius 3 is 2.26 bits per heavy atom. The molecule has 2 N–H and O–H groups in total. The predicted octanol–water partition coefficient (Wildman–Crippen LogP) is 6.05. The van der Waals surface area contributed by atoms with Crippen LogP contribution in [0.15, 0.2) is 48.8 Å². The highest BCUT2D eigenvalue weighted by Crippen LogP contribution is 2.47. The molecule has 2 aromatic heterocycles. The van der Waals surface area contributed by atoms with Crippen molar-refractivity contribution in [1.29, 1.82) is 0 Å². The predicted molar refractivity (Wildman–Crippen MR) is 154 cm³/mol. The molecule has 42 heavy (non-hydrogen) atoms. The number of thiophene rings is 1. The van der Waals surface area contributed by atoms with E-state index in [9.17, 15) is 18.8 Å². The molecule has 0 unspecified atom stereocenters. The Hall–Kier alpha value is -4.45. The summed E-state index contributed by atoms with van der Waals surface area (Å²) in [5, 5.41) is 5.80. The number of anilines is 2. The minimum Gasteiger partial charge on any atom is -0.435 e. The summed E-state index contributed by atoms with van der Waals surface area (Å²) >= 11 is 1.26. The lowest BCUT2D eigenvalue weighted by atomic mass is 10.0. The number of benzene rings is 2. The molecule has 4 aromatic rings. The van der Waals surface area contributed by atoms with Gasteiger partial charge in [-0.3, -0.25) is 14.4 Å². The Bertz CT molecular complexity index is 1700. The molecule has 0 spiro atoms. The Kier molecular flexibility index (Phi) is 7.31. The number of halogens is 2. The highest BCUT2D eigenvalue weighted by atomic mass is 32.1. The molecule has 0 bridgehead atoms. The summed E-state index contributed by atoms with van der Waals surface area (Å²) in [6.45, 7) is 3.24. The molecule has 3 heterocycles. The van der Waals surface area contributed by atoms with Gasteiger partial charge >= 0.3 is 0 Å². The smallest absolute Gasteiger partial charge is 0.264 e. The van der Waals surface area contributed by atoms with Crippen molar-refractivity contribution in [2.24, 2.45) is 5.41 Å². The van der Waals surface area contributed by atoms with Gasteiger partial charge in [0.25, 0.3) is 5.91 Å². The molecule has 0 atom stereocenters. The normalized spacial score (nSPS) is 15.7. The topological polar surface area (TPSA) is 114 Å². The average molecular weight is 592 g/mol. The first-order valence-corrected chi connectivity index (χ1v) is 14.5. The maximum Gasteiger partial charge on any atom is 0.264 e. The van der Waals surface area contributed by atoms with E-state index in [1.807, 2.05) is 4.90 Å². The number of aromatic nitrogens is 2. The molecule has 216 valence electrons. The van der Waals surface area contributed by atoms with Crippen molar-refractivity contribution in [3.8, 4) is 11.6 Å². The van der Waals surface area contributed by atoms with Gasteiger partial charge in [0, 0.05) is 30.5 Å². The zero-order chi connectivity index (χ0) is 29.4. The van der Waals surface area contributed by atoms with Crippen LogP contribution in [-0.4, -0.2) is 45.7 Å². The van der Waals surface area contributed by atoms with Crippen LogP contribution in [0.2, 0.25) is 0 Å². The second kappa shape index (κ2) is 11.1. The van der Waals surface area contributed by atoms with Gasteiger partial charge in [-0.1, -0.05) is 0 Å². The van der Waals surface area contributed by atoms with Gasteiger partial charge < -0.3 is 20.3 Å². The molecular formula is C30H27F2N5O4S. The number of nitrogens with zero attached hydrogens (tertiary/aromatic N) is 3. The molecule has 9 nitrogen and oxygen atoms in total. The third-order valence-corrected chi connectivity index (χ3v) is 8.84. The number of ether oxygens (including phenoxy) is 1. The average Bonchev–Trinajstić information content (AvgIpc) is 3.74. The first-order chi connectivity index (χ1) is 20.2. The van der Waals surface area contributed by atoms with Crippen molar-refractivity contribution in [1.82, 2.24) is 14.9 Å². The third-order valence-electron chi connectivity index (χ3n) is 7.65. The minimum atomic E-state index is -1.29. The van der Waals surface area contributed by atoms with Gasteiger partial charge in [0.2, 0.25) is 17.7 Å². The van der Waals surface area contributed by atoms with Crippen LogP contribution in [-0.2, 0) is 9.59 Å². The van der Waals surface area contributed by atoms with Gasteiger partial charge in [-0.2, -0.15) is 0 Å². The van der Waals surface area contributed by atoms with Crippen LogP contribution in [0, 0.1) is 24.0 Å². The number of likely N-dealkylation sites (tertiary alicyclic amines) is 1. The highest BCUT2D eigenvalue weighted by Gasteiger charge is 2.56. The van der Waals surface area contributed by atoms with E-state index in [1.165, 1.54) is 54.1 Å². The Labute approximate surface area is 243 Å². The summed E-state index contributed by atoms with van der Waals surface area (Å²) in [7, 11) is 0. The van der Waals surface area contributed by atoms with Crippen LogP contribution in [0.4, 0.5) is 20.2 Å². The van der Waals surface area contributed by atoms with Gasteiger partial charge in [0.05, 0.1) is 10.3 Å². The number of rotatable bonds is 7. The molecule has 12 heteroatoms. The molecule has 1 aliphatic heterocycles. The van der Waals surface area contributed by atoms with E-state index in [1.54, 1.807) is 6.92 Å². The number of amides is 3. The zero-order valence-electron chi connectivity index (χ0n) is 22.7. The summed E-state index contributed by atoms with van der Waals surface area (Å²) in [5.41, 5.74) is -0.0821. The zero-order valence-corrected chi connectivity index (χ0v) is 23.5. The molecule has 1 saturated heterocycles. The fraction of sp³-hybridized carbons (Fsp3) is 0.300. The van der Waals surface area contributed by atoms with E-state index in [-0.39, 0.29) is 23.2 Å². The van der Waals surface area contributed by atoms with Crippen LogP contribution < -0.4 is 15.4 Å². The fourth-order valence-electron chi connectivity index (χ4n) is 5.04. The van der Waals surface area contributed by atoms with Crippen molar-refractivity contribution in [3.63, 3.8) is 0 Å². The third kappa shape index (κ3) is 5.29. The van der Waals surface area contributed by atoms with Crippen molar-refractivity contribution in [3.05, 3.63) is 70.9 Å². The van der Waals surface area contributed by atoms with Crippen LogP contribution in [0.25, 0.3) is 10.2 Å². The number of carbonyl (C=O) groups is 3. The quantitative estimate of drug-likeness (QED) is 0.253. The van der Waals surface area contributed by atoms with Crippen LogP contribution in [0.1, 0.15) is 47.3 Å². The highest BCUT2D eigenvalue weighted by molar-refractivity contribution is 7.20. The summed E-state index contributed by atoms with van der Waals surface area (Å²) in [6, 6.07) is 9.17. The van der Waals surface area contributed by atoms with E-state index in [0.717, 1.165) is 38.4 Å². The van der Waals surface area contributed by atoms with E-state index in [0.29, 0.717) is 39.2 Å². The lowest BCUT2D eigenvalue weighted by molar-refractivity contribution is -0.131. The number of nitrogens with one attached hydrogen (secondary N) is 2. The minimum absolute atomic E-state index is 0.0489. The van der Waals surface area contributed by atoms with E-state index in [4.69, 9.17) is 4.74 Å². The van der Waals surface area contributed by atoms with Gasteiger partial charge in [-0.05, 0) is 81.0 Å². The summed E-state index contributed by atoms with van der Waals surface area (Å²) in [4.78, 5) is 50.5. The molecule has 0 radical (unpaired) electrons. The maximum atomic E-state index is 15.2. The number of hydrogen-bond acceptors (Lipinski definition) is 7. The van der Waals surface area contributed by atoms with E-state index < -0.39 is 28.9 Å². The molecule has 6 rings (SSSR count). The first-order valence-electron chi connectivity index (χ1n) is 13.6. The van der Waals surface area contributed by atoms with Crippen molar-refractivity contribution >= 4 is 50.6 Å². The summed E-state index contributed by atoms with van der Waals surface area (Å²) < 4.78 is 34.2. The molecule has 2 fully saturated rings. The fourth-order valence-corrected chi connectivity index (χ4v) is 6.15. The van der Waals surface area contributed by atoms with Gasteiger partial charge in [-0.15, -0.1) is 11.3 Å². The Morgan fingerprint density at radius 2 is 1.60 bits per heavy atom. The van der Waals surface area contributed by atoms with Gasteiger partial charge in [-0.25, -0.2) is 18.7 Å². The van der Waals surface area contributed by atoms with Crippen molar-refractivity contribution in [2.75, 3.05) is 23.7 Å². The lowest BCUT2D eigenvalue weighted by Gasteiger charge is -2.26. The van der Waals surface area contributed by atoms with Crippen molar-refractivity contribution in [2.45, 2.75) is 39.0 Å².